The lowest BCUT2D eigenvalue weighted by Crippen LogP contribution is -2.27. The van der Waals surface area contributed by atoms with E-state index in [1.807, 2.05) is 18.2 Å². The molecule has 0 aliphatic carbocycles. The molecule has 26 heavy (non-hydrogen) atoms. The lowest BCUT2D eigenvalue weighted by atomic mass is 10.2. The van der Waals surface area contributed by atoms with Crippen LogP contribution < -0.4 is 5.32 Å². The molecular formula is C19H24N6O. The van der Waals surface area contributed by atoms with Gasteiger partial charge in [0.05, 0.1) is 18.2 Å². The van der Waals surface area contributed by atoms with Crippen molar-refractivity contribution in [3.63, 3.8) is 0 Å². The van der Waals surface area contributed by atoms with Crippen molar-refractivity contribution in [1.29, 1.82) is 0 Å². The highest BCUT2D eigenvalue weighted by Gasteiger charge is 2.22. The molecule has 0 bridgehead atoms. The number of aromatic nitrogens is 4. The van der Waals surface area contributed by atoms with E-state index in [-0.39, 0.29) is 0 Å². The predicted molar refractivity (Wildman–Crippen MR) is 101 cm³/mol. The van der Waals surface area contributed by atoms with Crippen LogP contribution in [0.2, 0.25) is 0 Å². The van der Waals surface area contributed by atoms with Crippen LogP contribution in [0.1, 0.15) is 18.4 Å². The third-order valence-electron chi connectivity index (χ3n) is 4.74. The second-order valence-electron chi connectivity index (χ2n) is 6.68. The minimum absolute atomic E-state index is 0.410. The van der Waals surface area contributed by atoms with Crippen LogP contribution in [0.4, 0.5) is 5.82 Å². The summed E-state index contributed by atoms with van der Waals surface area (Å²) in [5, 5.41) is 11.4. The number of rotatable bonds is 8. The highest BCUT2D eigenvalue weighted by Crippen LogP contribution is 2.20. The second kappa shape index (κ2) is 8.25. The molecule has 2 N–H and O–H groups in total. The fourth-order valence-corrected chi connectivity index (χ4v) is 3.38. The number of likely N-dealkylation sites (tertiary alicyclic amines) is 1. The van der Waals surface area contributed by atoms with Gasteiger partial charge >= 0.3 is 0 Å². The molecule has 0 amide bonds. The van der Waals surface area contributed by atoms with E-state index in [9.17, 15) is 0 Å². The van der Waals surface area contributed by atoms with E-state index in [4.69, 9.17) is 4.74 Å². The zero-order valence-electron chi connectivity index (χ0n) is 14.8. The fraction of sp³-hybridized carbons (Fsp3) is 0.421. The summed E-state index contributed by atoms with van der Waals surface area (Å²) in [5.74, 6) is 0.863. The van der Waals surface area contributed by atoms with Gasteiger partial charge in [-0.3, -0.25) is 5.10 Å². The molecule has 0 spiro atoms. The molecule has 1 atom stereocenters. The van der Waals surface area contributed by atoms with E-state index in [1.54, 1.807) is 12.5 Å². The van der Waals surface area contributed by atoms with Gasteiger partial charge in [0.2, 0.25) is 0 Å². The Morgan fingerprint density at radius 2 is 2.15 bits per heavy atom. The van der Waals surface area contributed by atoms with Crippen molar-refractivity contribution in [2.24, 2.45) is 0 Å². The van der Waals surface area contributed by atoms with Gasteiger partial charge in [-0.15, -0.1) is 0 Å². The zero-order valence-corrected chi connectivity index (χ0v) is 14.8. The molecule has 1 fully saturated rings. The molecule has 1 aromatic carbocycles. The summed E-state index contributed by atoms with van der Waals surface area (Å²) in [7, 11) is 0. The van der Waals surface area contributed by atoms with Crippen LogP contribution in [0, 0.1) is 0 Å². The van der Waals surface area contributed by atoms with Gasteiger partial charge < -0.3 is 15.0 Å². The average Bonchev–Trinajstić information content (AvgIpc) is 3.32. The van der Waals surface area contributed by atoms with Crippen molar-refractivity contribution < 1.29 is 4.74 Å². The minimum Gasteiger partial charge on any atom is -0.377 e. The largest absolute Gasteiger partial charge is 0.377 e. The first-order valence-electron chi connectivity index (χ1n) is 9.13. The quantitative estimate of drug-likeness (QED) is 0.606. The molecule has 0 radical (unpaired) electrons. The number of ether oxygens (including phenoxy) is 1. The number of H-pyrrole nitrogens is 1. The Morgan fingerprint density at radius 1 is 1.23 bits per heavy atom. The van der Waals surface area contributed by atoms with Crippen molar-refractivity contribution in [2.75, 3.05) is 31.6 Å². The summed E-state index contributed by atoms with van der Waals surface area (Å²) < 4.78 is 5.77. The maximum atomic E-state index is 5.77. The highest BCUT2D eigenvalue weighted by atomic mass is 16.5. The Kier molecular flexibility index (Phi) is 5.37. The lowest BCUT2D eigenvalue weighted by molar-refractivity contribution is 0.111. The molecule has 1 saturated heterocycles. The number of hydrogen-bond acceptors (Lipinski definition) is 6. The predicted octanol–water partition coefficient (Wildman–Crippen LogP) is 2.45. The van der Waals surface area contributed by atoms with Crippen LogP contribution in [0.25, 0.3) is 11.0 Å². The molecule has 7 heteroatoms. The molecule has 4 rings (SSSR count). The first kappa shape index (κ1) is 16.9. The van der Waals surface area contributed by atoms with Crippen molar-refractivity contribution >= 4 is 16.9 Å². The minimum atomic E-state index is 0.410. The number of nitrogens with zero attached hydrogens (tertiary/aromatic N) is 4. The summed E-state index contributed by atoms with van der Waals surface area (Å²) in [6.07, 6.45) is 5.52. The molecule has 0 saturated carbocycles. The number of benzene rings is 1. The van der Waals surface area contributed by atoms with Crippen molar-refractivity contribution in [2.45, 2.75) is 25.5 Å². The van der Waals surface area contributed by atoms with Gasteiger partial charge in [0.15, 0.2) is 5.65 Å². The highest BCUT2D eigenvalue weighted by molar-refractivity contribution is 5.85. The van der Waals surface area contributed by atoms with Crippen LogP contribution in [-0.2, 0) is 11.3 Å². The monoisotopic (exact) mass is 352 g/mol. The molecule has 136 valence electrons. The van der Waals surface area contributed by atoms with Gasteiger partial charge in [-0.05, 0) is 18.4 Å². The van der Waals surface area contributed by atoms with E-state index in [0.717, 1.165) is 55.9 Å². The summed E-state index contributed by atoms with van der Waals surface area (Å²) in [4.78, 5) is 11.0. The van der Waals surface area contributed by atoms with E-state index in [0.29, 0.717) is 12.6 Å². The second-order valence-corrected chi connectivity index (χ2v) is 6.68. The normalized spacial score (nSPS) is 17.8. The maximum absolute atomic E-state index is 5.77. The fourth-order valence-electron chi connectivity index (χ4n) is 3.38. The van der Waals surface area contributed by atoms with Crippen LogP contribution in [0.3, 0.4) is 0 Å². The number of nitrogens with one attached hydrogen (secondary N) is 2. The Morgan fingerprint density at radius 3 is 3.08 bits per heavy atom. The van der Waals surface area contributed by atoms with E-state index in [1.165, 1.54) is 5.56 Å². The Bertz CT molecular complexity index is 821. The van der Waals surface area contributed by atoms with Gasteiger partial charge in [0.25, 0.3) is 0 Å². The van der Waals surface area contributed by atoms with Gasteiger partial charge in [-0.1, -0.05) is 30.3 Å². The third-order valence-corrected chi connectivity index (χ3v) is 4.74. The summed E-state index contributed by atoms with van der Waals surface area (Å²) in [6.45, 7) is 4.69. The summed E-state index contributed by atoms with van der Waals surface area (Å²) in [5.41, 5.74) is 2.00. The molecule has 1 unspecified atom stereocenters. The van der Waals surface area contributed by atoms with Crippen molar-refractivity contribution in [3.05, 3.63) is 48.4 Å². The maximum Gasteiger partial charge on any atom is 0.160 e. The third kappa shape index (κ3) is 4.17. The number of hydrogen-bond donors (Lipinski definition) is 2. The first-order chi connectivity index (χ1) is 12.9. The van der Waals surface area contributed by atoms with Crippen molar-refractivity contribution in [3.8, 4) is 0 Å². The molecule has 7 nitrogen and oxygen atoms in total. The lowest BCUT2D eigenvalue weighted by Gasteiger charge is -2.17. The SMILES string of the molecule is c1ccc(COCCCN2CCC(Nc3ncnc4[nH]ncc34)C2)cc1. The number of anilines is 1. The molecular weight excluding hydrogens is 328 g/mol. The van der Waals surface area contributed by atoms with Gasteiger partial charge in [-0.25, -0.2) is 9.97 Å². The van der Waals surface area contributed by atoms with E-state index >= 15 is 0 Å². The molecule has 1 aliphatic rings. The Labute approximate surface area is 152 Å². The molecule has 3 heterocycles. The molecule has 2 aromatic heterocycles. The van der Waals surface area contributed by atoms with Crippen LogP contribution in [0.5, 0.6) is 0 Å². The van der Waals surface area contributed by atoms with Crippen molar-refractivity contribution in [1.82, 2.24) is 25.1 Å². The van der Waals surface area contributed by atoms with E-state index < -0.39 is 0 Å². The Hall–Kier alpha value is -2.51. The number of aromatic amines is 1. The van der Waals surface area contributed by atoms with Crippen LogP contribution >= 0.6 is 0 Å². The Balaban J connectivity index is 1.18. The van der Waals surface area contributed by atoms with E-state index in [2.05, 4.69) is 42.5 Å². The average molecular weight is 352 g/mol. The van der Waals surface area contributed by atoms with Gasteiger partial charge in [0, 0.05) is 32.3 Å². The zero-order chi connectivity index (χ0) is 17.6. The molecule has 3 aromatic rings. The number of fused-ring (bicyclic) bond motifs is 1. The standard InChI is InChI=1S/C19H24N6O/c1-2-5-15(6-3-1)13-26-10-4-8-25-9-7-16(12-25)23-18-17-11-22-24-19(17)21-14-20-18/h1-3,5-6,11,14,16H,4,7-10,12-13H2,(H2,20,21,22,23,24). The van der Waals surface area contributed by atoms with Gasteiger partial charge in [0.1, 0.15) is 12.1 Å². The van der Waals surface area contributed by atoms with Gasteiger partial charge in [-0.2, -0.15) is 5.10 Å². The smallest absolute Gasteiger partial charge is 0.160 e. The topological polar surface area (TPSA) is 79.0 Å². The van der Waals surface area contributed by atoms with Crippen LogP contribution in [-0.4, -0.2) is 57.3 Å². The van der Waals surface area contributed by atoms with Crippen LogP contribution in [0.15, 0.2) is 42.9 Å². The summed E-state index contributed by atoms with van der Waals surface area (Å²) >= 11 is 0. The molecule has 1 aliphatic heterocycles. The first-order valence-corrected chi connectivity index (χ1v) is 9.13. The summed E-state index contributed by atoms with van der Waals surface area (Å²) in [6, 6.07) is 10.7.